The molecule has 2 fully saturated rings. The zero-order chi connectivity index (χ0) is 50.6. The van der Waals surface area contributed by atoms with Gasteiger partial charge in [-0.25, -0.2) is 0 Å². The Morgan fingerprint density at radius 3 is 1.37 bits per heavy atom. The highest BCUT2D eigenvalue weighted by atomic mass is 32.2. The normalized spacial score (nSPS) is 24.3. The van der Waals surface area contributed by atoms with E-state index in [4.69, 9.17) is 52.1 Å². The number of esters is 2. The number of carbonyl (C=O) groups excluding carboxylic acids is 2. The molecular weight excluding hydrogens is 949 g/mol. The molecule has 0 N–H and O–H groups in total. The summed E-state index contributed by atoms with van der Waals surface area (Å²) in [6, 6.07) is 59.0. The van der Waals surface area contributed by atoms with E-state index in [2.05, 4.69) is 0 Å². The first-order valence-corrected chi connectivity index (χ1v) is 25.6. The molecule has 6 aromatic rings. The fourth-order valence-electron chi connectivity index (χ4n) is 8.80. The van der Waals surface area contributed by atoms with Crippen molar-refractivity contribution in [2.24, 2.45) is 0 Å². The summed E-state index contributed by atoms with van der Waals surface area (Å²) in [5, 5.41) is 0. The Kier molecular flexibility index (Phi) is 20.6. The second-order valence-electron chi connectivity index (χ2n) is 17.7. The van der Waals surface area contributed by atoms with E-state index in [0.717, 1.165) is 32.7 Å². The van der Waals surface area contributed by atoms with E-state index in [1.165, 1.54) is 13.8 Å². The summed E-state index contributed by atoms with van der Waals surface area (Å²) in [7, 11) is 1.56. The number of benzene rings is 6. The Morgan fingerprint density at radius 1 is 0.466 bits per heavy atom. The highest BCUT2D eigenvalue weighted by Crippen LogP contribution is 2.37. The second kappa shape index (κ2) is 28.1. The third-order valence-electron chi connectivity index (χ3n) is 12.4. The first-order chi connectivity index (χ1) is 35.8. The van der Waals surface area contributed by atoms with Crippen molar-refractivity contribution in [1.29, 1.82) is 0 Å². The van der Waals surface area contributed by atoms with E-state index in [1.807, 2.05) is 182 Å². The van der Waals surface area contributed by atoms with Gasteiger partial charge in [0.1, 0.15) is 49.3 Å². The standard InChI is InChI=1S/C59H64O13S/c1-41(60)63-38-49-53(65-35-44-24-12-5-13-25-44)55(69-42(2)61)57(70-51(47-30-18-8-19-31-47)40-73-48-32-20-9-21-33-48)59(72-49)68-39-50-52(64-34-43-22-10-4-11-23-43)54(66-36-45-26-14-6-15-27-45)56(58(62-3)71-50)67-37-46-28-16-7-17-29-46/h4-33,49-59H,34-40H2,1-3H3/t49-,50-,51-,52-,53-,54+,55+,56-,57-,58+,59+/m1/s1. The average Bonchev–Trinajstić information content (AvgIpc) is 3.43. The topological polar surface area (TPSA) is 136 Å². The zero-order valence-corrected chi connectivity index (χ0v) is 42.2. The minimum absolute atomic E-state index is 0.125. The largest absolute Gasteiger partial charge is 0.463 e. The van der Waals surface area contributed by atoms with E-state index >= 15 is 0 Å². The summed E-state index contributed by atoms with van der Waals surface area (Å²) in [5.74, 6) is -0.642. The van der Waals surface area contributed by atoms with Crippen molar-refractivity contribution in [1.82, 2.24) is 0 Å². The van der Waals surface area contributed by atoms with E-state index in [9.17, 15) is 9.59 Å². The zero-order valence-electron chi connectivity index (χ0n) is 41.3. The van der Waals surface area contributed by atoms with Gasteiger partial charge in [-0.3, -0.25) is 9.59 Å². The molecule has 11 atom stereocenters. The van der Waals surface area contributed by atoms with Gasteiger partial charge < -0.3 is 52.1 Å². The number of thioether (sulfide) groups is 1. The fraction of sp³-hybridized carbons (Fsp3) is 0.356. The molecule has 0 unspecified atom stereocenters. The number of ether oxygens (including phenoxy) is 11. The van der Waals surface area contributed by atoms with Gasteiger partial charge in [0.15, 0.2) is 18.7 Å². The number of carbonyl (C=O) groups is 2. The Labute approximate surface area is 432 Å². The molecule has 0 saturated carbocycles. The van der Waals surface area contributed by atoms with Crippen molar-refractivity contribution >= 4 is 23.7 Å². The summed E-state index contributed by atoms with van der Waals surface area (Å²) in [6.07, 6.45) is -10.2. The predicted octanol–water partition coefficient (Wildman–Crippen LogP) is 9.85. The third-order valence-corrected chi connectivity index (χ3v) is 13.4. The van der Waals surface area contributed by atoms with Crippen molar-refractivity contribution in [2.75, 3.05) is 26.1 Å². The summed E-state index contributed by atoms with van der Waals surface area (Å²) >= 11 is 1.62. The molecule has 73 heavy (non-hydrogen) atoms. The van der Waals surface area contributed by atoms with Crippen molar-refractivity contribution in [3.63, 3.8) is 0 Å². The lowest BCUT2D eigenvalue weighted by Gasteiger charge is -2.48. The van der Waals surface area contributed by atoms with Crippen LogP contribution in [0.25, 0.3) is 0 Å². The number of rotatable bonds is 25. The lowest BCUT2D eigenvalue weighted by atomic mass is 9.96. The van der Waals surface area contributed by atoms with Crippen LogP contribution in [-0.2, 0) is 88.1 Å². The van der Waals surface area contributed by atoms with Crippen LogP contribution in [0.3, 0.4) is 0 Å². The number of hydrogen-bond acceptors (Lipinski definition) is 14. The molecule has 6 aromatic carbocycles. The van der Waals surface area contributed by atoms with Crippen LogP contribution >= 0.6 is 11.8 Å². The molecule has 2 saturated heterocycles. The van der Waals surface area contributed by atoms with Gasteiger partial charge in [0.2, 0.25) is 0 Å². The summed E-state index contributed by atoms with van der Waals surface area (Å²) < 4.78 is 73.0. The highest BCUT2D eigenvalue weighted by molar-refractivity contribution is 7.99. The molecule has 2 aliphatic heterocycles. The molecule has 0 bridgehead atoms. The SMILES string of the molecule is CO[C@H]1O[C@H](CO[C@H]2O[C@H](COC(C)=O)[C@@H](OCc3ccccc3)[C@H](OC(C)=O)[C@H]2O[C@H](CSc2ccccc2)c2ccccc2)[C@@H](OCc2ccccc2)[C@H](OCc2ccccc2)[C@H]1OCc1ccccc1. The molecule has 8 rings (SSSR count). The number of hydrogen-bond donors (Lipinski definition) is 0. The van der Waals surface area contributed by atoms with Gasteiger partial charge in [-0.2, -0.15) is 0 Å². The Hall–Kier alpha value is -5.75. The van der Waals surface area contributed by atoms with Crippen LogP contribution in [0.4, 0.5) is 0 Å². The summed E-state index contributed by atoms with van der Waals surface area (Å²) in [4.78, 5) is 26.8. The Balaban J connectivity index is 1.16. The van der Waals surface area contributed by atoms with Crippen molar-refractivity contribution in [3.8, 4) is 0 Å². The molecule has 0 spiro atoms. The monoisotopic (exact) mass is 1010 g/mol. The quantitative estimate of drug-likeness (QED) is 0.0398. The minimum Gasteiger partial charge on any atom is -0.463 e. The van der Waals surface area contributed by atoms with Crippen molar-refractivity contribution in [2.45, 2.75) is 113 Å². The molecule has 0 aromatic heterocycles. The molecule has 2 heterocycles. The van der Waals surface area contributed by atoms with Gasteiger partial charge in [0.25, 0.3) is 0 Å². The second-order valence-corrected chi connectivity index (χ2v) is 18.8. The van der Waals surface area contributed by atoms with Crippen molar-refractivity contribution in [3.05, 3.63) is 210 Å². The lowest BCUT2D eigenvalue weighted by molar-refractivity contribution is -0.349. The maximum absolute atomic E-state index is 13.3. The van der Waals surface area contributed by atoms with Crippen LogP contribution in [0.15, 0.2) is 187 Å². The van der Waals surface area contributed by atoms with Gasteiger partial charge in [-0.15, -0.1) is 11.8 Å². The molecule has 14 heteroatoms. The van der Waals surface area contributed by atoms with E-state index in [1.54, 1.807) is 18.9 Å². The van der Waals surface area contributed by atoms with Gasteiger partial charge >= 0.3 is 11.9 Å². The fourth-order valence-corrected chi connectivity index (χ4v) is 9.77. The van der Waals surface area contributed by atoms with E-state index in [0.29, 0.717) is 5.75 Å². The summed E-state index contributed by atoms with van der Waals surface area (Å²) in [6.45, 7) is 3.08. The average molecular weight is 1010 g/mol. The smallest absolute Gasteiger partial charge is 0.303 e. The maximum Gasteiger partial charge on any atom is 0.303 e. The first kappa shape index (κ1) is 53.5. The predicted molar refractivity (Wildman–Crippen MR) is 274 cm³/mol. The van der Waals surface area contributed by atoms with Crippen LogP contribution in [-0.4, -0.2) is 99.4 Å². The molecule has 13 nitrogen and oxygen atoms in total. The van der Waals surface area contributed by atoms with Crippen LogP contribution < -0.4 is 0 Å². The molecule has 0 aliphatic carbocycles. The molecule has 0 radical (unpaired) electrons. The van der Waals surface area contributed by atoms with Crippen LogP contribution in [0.5, 0.6) is 0 Å². The highest BCUT2D eigenvalue weighted by Gasteiger charge is 2.53. The minimum atomic E-state index is -1.26. The Bertz CT molecular complexity index is 2510. The number of methoxy groups -OCH3 is 1. The lowest BCUT2D eigenvalue weighted by Crippen LogP contribution is -2.64. The van der Waals surface area contributed by atoms with Crippen LogP contribution in [0.2, 0.25) is 0 Å². The third kappa shape index (κ3) is 15.9. The summed E-state index contributed by atoms with van der Waals surface area (Å²) in [5.41, 5.74) is 4.59. The van der Waals surface area contributed by atoms with E-state index in [-0.39, 0.29) is 39.6 Å². The van der Waals surface area contributed by atoms with E-state index < -0.39 is 79.5 Å². The van der Waals surface area contributed by atoms with Crippen molar-refractivity contribution < 1.29 is 61.7 Å². The Morgan fingerprint density at radius 2 is 0.890 bits per heavy atom. The van der Waals surface area contributed by atoms with Gasteiger partial charge in [-0.1, -0.05) is 170 Å². The van der Waals surface area contributed by atoms with Crippen LogP contribution in [0, 0.1) is 0 Å². The molecular formula is C59H64O13S. The molecule has 2 aliphatic rings. The first-order valence-electron chi connectivity index (χ1n) is 24.6. The molecule has 0 amide bonds. The van der Waals surface area contributed by atoms with Gasteiger partial charge in [0.05, 0.1) is 39.1 Å². The van der Waals surface area contributed by atoms with Gasteiger partial charge in [0, 0.05) is 31.6 Å². The molecule has 384 valence electrons. The maximum atomic E-state index is 13.3. The van der Waals surface area contributed by atoms with Crippen LogP contribution in [0.1, 0.15) is 47.8 Å². The van der Waals surface area contributed by atoms with Gasteiger partial charge in [-0.05, 0) is 39.9 Å².